The van der Waals surface area contributed by atoms with E-state index < -0.39 is 11.7 Å². The SMILES string of the molecule is C/C=C(/F)CCC.C=CCN1CCCN(C)CC1.CCN1CC(C(=O)N(C)Cc2ccc(Cl)c(Cl)c2)=C(O)C1=O. The van der Waals surface area contributed by atoms with Crippen LogP contribution in [0, 0.1) is 0 Å². The first-order valence-corrected chi connectivity index (χ1v) is 14.5. The predicted octanol–water partition coefficient (Wildman–Crippen LogP) is 6.10. The van der Waals surface area contributed by atoms with E-state index in [0.717, 1.165) is 18.5 Å². The van der Waals surface area contributed by atoms with Crippen LogP contribution in [0.5, 0.6) is 0 Å². The van der Waals surface area contributed by atoms with Crippen molar-refractivity contribution in [2.45, 2.75) is 46.6 Å². The molecule has 0 unspecified atom stereocenters. The molecule has 7 nitrogen and oxygen atoms in total. The Balaban J connectivity index is 0.000000368. The van der Waals surface area contributed by atoms with Gasteiger partial charge in [-0.3, -0.25) is 14.5 Å². The molecule has 3 rings (SSSR count). The molecule has 0 aliphatic carbocycles. The van der Waals surface area contributed by atoms with Gasteiger partial charge in [-0.05, 0) is 70.9 Å². The van der Waals surface area contributed by atoms with Gasteiger partial charge in [0.1, 0.15) is 0 Å². The summed E-state index contributed by atoms with van der Waals surface area (Å²) in [5, 5.41) is 10.7. The van der Waals surface area contributed by atoms with Crippen LogP contribution in [0.1, 0.15) is 45.6 Å². The molecule has 0 atom stereocenters. The lowest BCUT2D eigenvalue weighted by molar-refractivity contribution is -0.127. The maximum atomic E-state index is 12.4. The fourth-order valence-electron chi connectivity index (χ4n) is 4.10. The second kappa shape index (κ2) is 18.9. The van der Waals surface area contributed by atoms with Gasteiger partial charge in [0.25, 0.3) is 11.8 Å². The summed E-state index contributed by atoms with van der Waals surface area (Å²) in [5.41, 5.74) is 0.927. The van der Waals surface area contributed by atoms with E-state index in [2.05, 4.69) is 23.4 Å². The summed E-state index contributed by atoms with van der Waals surface area (Å²) in [5.74, 6) is -1.35. The number of aliphatic hydroxyl groups excluding tert-OH is 1. The van der Waals surface area contributed by atoms with E-state index >= 15 is 0 Å². The number of amides is 2. The van der Waals surface area contributed by atoms with E-state index in [0.29, 0.717) is 29.6 Å². The molecule has 1 fully saturated rings. The molecule has 1 aromatic carbocycles. The molecule has 224 valence electrons. The molecule has 0 aromatic heterocycles. The summed E-state index contributed by atoms with van der Waals surface area (Å²) in [7, 11) is 3.79. The zero-order chi connectivity index (χ0) is 30.2. The van der Waals surface area contributed by atoms with Crippen LogP contribution in [0.15, 0.2) is 54.1 Å². The molecule has 2 amide bonds. The first-order valence-electron chi connectivity index (χ1n) is 13.7. The highest BCUT2D eigenvalue weighted by Gasteiger charge is 2.34. The van der Waals surface area contributed by atoms with E-state index in [9.17, 15) is 19.1 Å². The standard InChI is InChI=1S/C15H16Cl2N2O3.C9H18N2.C6H11F/c1-3-19-8-10(13(20)15(19)22)14(21)18(2)7-9-4-5-11(16)12(17)6-9;1-3-5-11-7-4-6-10(2)8-9-11;1-3-5-6(7)4-2/h4-6,20H,3,7-8H2,1-2H3;3H,1,4-9H2,2H3;4H,3,5H2,1-2H3/b;;6-4+. The van der Waals surface area contributed by atoms with Crippen molar-refractivity contribution in [3.05, 3.63) is 69.7 Å². The largest absolute Gasteiger partial charge is 0.503 e. The predicted molar refractivity (Wildman–Crippen MR) is 163 cm³/mol. The van der Waals surface area contributed by atoms with Crippen molar-refractivity contribution in [1.82, 2.24) is 19.6 Å². The highest BCUT2D eigenvalue weighted by molar-refractivity contribution is 6.42. The fraction of sp³-hybridized carbons (Fsp3) is 0.533. The number of carbonyl (C=O) groups excluding carboxylic acids is 2. The third-order valence-corrected chi connectivity index (χ3v) is 7.26. The van der Waals surface area contributed by atoms with E-state index in [1.54, 1.807) is 39.1 Å². The Hall–Kier alpha value is -2.39. The lowest BCUT2D eigenvalue weighted by atomic mass is 10.2. The number of halogens is 3. The number of hydrogen-bond donors (Lipinski definition) is 1. The number of aliphatic hydroxyl groups is 1. The number of nitrogens with zero attached hydrogens (tertiary/aromatic N) is 4. The monoisotopic (exact) mass is 598 g/mol. The quantitative estimate of drug-likeness (QED) is 0.366. The zero-order valence-electron chi connectivity index (χ0n) is 24.6. The Kier molecular flexibility index (Phi) is 16.8. The summed E-state index contributed by atoms with van der Waals surface area (Å²) < 4.78 is 12.0. The van der Waals surface area contributed by atoms with Gasteiger partial charge in [-0.15, -0.1) is 6.58 Å². The van der Waals surface area contributed by atoms with Gasteiger partial charge in [-0.1, -0.05) is 48.3 Å². The average Bonchev–Trinajstić information content (AvgIpc) is 3.07. The summed E-state index contributed by atoms with van der Waals surface area (Å²) in [6.45, 7) is 16.0. The normalized spacial score (nSPS) is 16.6. The van der Waals surface area contributed by atoms with Gasteiger partial charge in [0.05, 0.1) is 28.0 Å². The van der Waals surface area contributed by atoms with Crippen molar-refractivity contribution in [3.8, 4) is 0 Å². The Bertz CT molecular complexity index is 1050. The fourth-order valence-corrected chi connectivity index (χ4v) is 4.42. The second-order valence-electron chi connectivity index (χ2n) is 9.79. The van der Waals surface area contributed by atoms with Crippen molar-refractivity contribution >= 4 is 35.0 Å². The van der Waals surface area contributed by atoms with Crippen molar-refractivity contribution in [2.75, 3.05) is 59.9 Å². The molecule has 2 aliphatic rings. The molecule has 1 aromatic rings. The van der Waals surface area contributed by atoms with Crippen LogP contribution < -0.4 is 0 Å². The lowest BCUT2D eigenvalue weighted by Gasteiger charge is -2.19. The Morgan fingerprint density at radius 3 is 2.40 bits per heavy atom. The molecule has 0 radical (unpaired) electrons. The molecule has 10 heteroatoms. The minimum atomic E-state index is -0.506. The zero-order valence-corrected chi connectivity index (χ0v) is 26.1. The van der Waals surface area contributed by atoms with Crippen LogP contribution in [-0.2, 0) is 16.1 Å². The van der Waals surface area contributed by atoms with Gasteiger partial charge in [-0.2, -0.15) is 0 Å². The molecule has 0 bridgehead atoms. The van der Waals surface area contributed by atoms with Crippen LogP contribution in [0.2, 0.25) is 10.0 Å². The minimum Gasteiger partial charge on any atom is -0.503 e. The van der Waals surface area contributed by atoms with Crippen LogP contribution in [0.25, 0.3) is 0 Å². The van der Waals surface area contributed by atoms with Crippen LogP contribution >= 0.6 is 23.2 Å². The van der Waals surface area contributed by atoms with Gasteiger partial charge in [0.15, 0.2) is 5.76 Å². The van der Waals surface area contributed by atoms with Crippen molar-refractivity contribution in [3.63, 3.8) is 0 Å². The molecule has 1 saturated heterocycles. The van der Waals surface area contributed by atoms with Gasteiger partial charge in [0, 0.05) is 39.8 Å². The average molecular weight is 600 g/mol. The molecule has 1 N–H and O–H groups in total. The molecule has 0 spiro atoms. The number of carbonyl (C=O) groups is 2. The molecule has 40 heavy (non-hydrogen) atoms. The Morgan fingerprint density at radius 2 is 1.88 bits per heavy atom. The van der Waals surface area contributed by atoms with Crippen molar-refractivity contribution in [2.24, 2.45) is 0 Å². The molecule has 2 aliphatic heterocycles. The highest BCUT2D eigenvalue weighted by atomic mass is 35.5. The molecule has 0 saturated carbocycles. The number of allylic oxidation sites excluding steroid dienone is 2. The van der Waals surface area contributed by atoms with Crippen molar-refractivity contribution in [1.29, 1.82) is 0 Å². The minimum absolute atomic E-state index is 0.00231. The number of rotatable bonds is 8. The third kappa shape index (κ3) is 12.0. The maximum absolute atomic E-state index is 12.4. The van der Waals surface area contributed by atoms with Crippen molar-refractivity contribution < 1.29 is 19.1 Å². The van der Waals surface area contributed by atoms with E-state index in [1.807, 2.05) is 13.0 Å². The van der Waals surface area contributed by atoms with Gasteiger partial charge in [0.2, 0.25) is 0 Å². The second-order valence-corrected chi connectivity index (χ2v) is 10.6. The number of likely N-dealkylation sites (N-methyl/N-ethyl adjacent to an activating group) is 3. The van der Waals surface area contributed by atoms with Crippen LogP contribution in [0.4, 0.5) is 4.39 Å². The number of hydrogen-bond acceptors (Lipinski definition) is 5. The summed E-state index contributed by atoms with van der Waals surface area (Å²) in [4.78, 5) is 31.8. The van der Waals surface area contributed by atoms with E-state index in [-0.39, 0.29) is 23.9 Å². The smallest absolute Gasteiger partial charge is 0.289 e. The summed E-state index contributed by atoms with van der Waals surface area (Å²) in [6.07, 6.45) is 6.28. The molecular formula is C30H45Cl2FN4O3. The summed E-state index contributed by atoms with van der Waals surface area (Å²) in [6, 6.07) is 5.11. The lowest BCUT2D eigenvalue weighted by Crippen LogP contribution is -2.31. The molecular weight excluding hydrogens is 554 g/mol. The number of benzene rings is 1. The van der Waals surface area contributed by atoms with Gasteiger partial charge < -0.3 is 19.8 Å². The van der Waals surface area contributed by atoms with Crippen LogP contribution in [-0.4, -0.2) is 96.4 Å². The third-order valence-electron chi connectivity index (χ3n) is 6.52. The van der Waals surface area contributed by atoms with Gasteiger partial charge in [-0.25, -0.2) is 4.39 Å². The molecule has 2 heterocycles. The summed E-state index contributed by atoms with van der Waals surface area (Å²) >= 11 is 11.8. The van der Waals surface area contributed by atoms with E-state index in [1.165, 1.54) is 48.5 Å². The highest BCUT2D eigenvalue weighted by Crippen LogP contribution is 2.24. The van der Waals surface area contributed by atoms with Gasteiger partial charge >= 0.3 is 0 Å². The van der Waals surface area contributed by atoms with Crippen LogP contribution in [0.3, 0.4) is 0 Å². The Labute approximate surface area is 249 Å². The topological polar surface area (TPSA) is 67.3 Å². The Morgan fingerprint density at radius 1 is 1.18 bits per heavy atom. The van der Waals surface area contributed by atoms with E-state index in [4.69, 9.17) is 23.2 Å². The maximum Gasteiger partial charge on any atom is 0.289 e. The first kappa shape index (κ1) is 35.6. The first-order chi connectivity index (χ1) is 19.0.